The molecule has 1 aliphatic carbocycles. The van der Waals surface area contributed by atoms with Crippen molar-refractivity contribution in [3.05, 3.63) is 28.2 Å². The van der Waals surface area contributed by atoms with Gasteiger partial charge in [-0.1, -0.05) is 6.07 Å². The van der Waals surface area contributed by atoms with Gasteiger partial charge in [-0.2, -0.15) is 0 Å². The van der Waals surface area contributed by atoms with Gasteiger partial charge < -0.3 is 15.3 Å². The Bertz CT molecular complexity index is 407. The predicted octanol–water partition coefficient (Wildman–Crippen LogP) is 2.91. The van der Waals surface area contributed by atoms with E-state index in [0.717, 1.165) is 24.0 Å². The number of benzene rings is 1. The molecular formula is C15H23BrN2O. The molecule has 0 aliphatic heterocycles. The van der Waals surface area contributed by atoms with Crippen molar-refractivity contribution in [3.63, 3.8) is 0 Å². The van der Waals surface area contributed by atoms with Gasteiger partial charge in [-0.25, -0.2) is 0 Å². The van der Waals surface area contributed by atoms with Crippen molar-refractivity contribution in [2.75, 3.05) is 25.1 Å². The summed E-state index contributed by atoms with van der Waals surface area (Å²) in [5, 5.41) is 12.2. The molecule has 0 heterocycles. The molecule has 1 fully saturated rings. The third kappa shape index (κ3) is 3.71. The minimum absolute atomic E-state index is 0.263. The number of nitrogens with one attached hydrogen (secondary N) is 1. The van der Waals surface area contributed by atoms with Gasteiger partial charge >= 0.3 is 0 Å². The van der Waals surface area contributed by atoms with Crippen LogP contribution in [0.25, 0.3) is 0 Å². The van der Waals surface area contributed by atoms with Crippen LogP contribution in [-0.2, 0) is 6.54 Å². The van der Waals surface area contributed by atoms with Gasteiger partial charge in [0.25, 0.3) is 0 Å². The lowest BCUT2D eigenvalue weighted by atomic mass is 9.91. The molecule has 2 rings (SSSR count). The van der Waals surface area contributed by atoms with Crippen molar-refractivity contribution >= 4 is 21.6 Å². The Morgan fingerprint density at radius 2 is 2.21 bits per heavy atom. The number of hydrogen-bond donors (Lipinski definition) is 2. The lowest BCUT2D eigenvalue weighted by molar-refractivity contribution is 0.283. The first-order valence-corrected chi connectivity index (χ1v) is 7.86. The average Bonchev–Trinajstić information content (AvgIpc) is 2.33. The van der Waals surface area contributed by atoms with Crippen molar-refractivity contribution in [3.8, 4) is 0 Å². The predicted molar refractivity (Wildman–Crippen MR) is 83.6 cm³/mol. The second-order valence-electron chi connectivity index (χ2n) is 5.17. The molecular weight excluding hydrogens is 304 g/mol. The molecule has 0 atom stereocenters. The van der Waals surface area contributed by atoms with E-state index in [1.165, 1.54) is 30.5 Å². The summed E-state index contributed by atoms with van der Waals surface area (Å²) in [4.78, 5) is 2.45. The van der Waals surface area contributed by atoms with Gasteiger partial charge in [0.2, 0.25) is 0 Å². The standard InChI is InChI=1S/C15H23BrN2O/c1-17-11-12-6-7-15(14(16)10-12)18(8-3-9-19)13-4-2-5-13/h6-7,10,13,17,19H,2-5,8-9,11H2,1H3. The third-order valence-electron chi connectivity index (χ3n) is 3.78. The Hall–Kier alpha value is -0.580. The molecule has 1 aromatic rings. The molecule has 1 aliphatic rings. The Morgan fingerprint density at radius 1 is 1.42 bits per heavy atom. The average molecular weight is 327 g/mol. The van der Waals surface area contributed by atoms with Crippen LogP contribution in [0.4, 0.5) is 5.69 Å². The summed E-state index contributed by atoms with van der Waals surface area (Å²) >= 11 is 3.70. The highest BCUT2D eigenvalue weighted by molar-refractivity contribution is 9.10. The maximum Gasteiger partial charge on any atom is 0.0513 e. The highest BCUT2D eigenvalue weighted by Crippen LogP contribution is 2.34. The molecule has 1 saturated carbocycles. The van der Waals surface area contributed by atoms with Crippen LogP contribution in [0.1, 0.15) is 31.2 Å². The summed E-state index contributed by atoms with van der Waals surface area (Å²) in [5.74, 6) is 0. The smallest absolute Gasteiger partial charge is 0.0513 e. The number of anilines is 1. The van der Waals surface area contributed by atoms with E-state index < -0.39 is 0 Å². The maximum atomic E-state index is 9.07. The fourth-order valence-corrected chi connectivity index (χ4v) is 3.19. The van der Waals surface area contributed by atoms with Gasteiger partial charge in [0.1, 0.15) is 0 Å². The van der Waals surface area contributed by atoms with E-state index >= 15 is 0 Å². The minimum Gasteiger partial charge on any atom is -0.396 e. The van der Waals surface area contributed by atoms with Gasteiger partial charge in [-0.3, -0.25) is 0 Å². The van der Waals surface area contributed by atoms with Crippen LogP contribution in [-0.4, -0.2) is 31.3 Å². The van der Waals surface area contributed by atoms with Crippen LogP contribution in [0, 0.1) is 0 Å². The first kappa shape index (κ1) is 14.8. The van der Waals surface area contributed by atoms with E-state index in [-0.39, 0.29) is 6.61 Å². The Morgan fingerprint density at radius 3 is 2.74 bits per heavy atom. The molecule has 1 aromatic carbocycles. The SMILES string of the molecule is CNCc1ccc(N(CCCO)C2CCC2)c(Br)c1. The second kappa shape index (κ2) is 7.27. The minimum atomic E-state index is 0.263. The monoisotopic (exact) mass is 326 g/mol. The van der Waals surface area contributed by atoms with Gasteiger partial charge in [0, 0.05) is 30.2 Å². The molecule has 0 spiro atoms. The highest BCUT2D eigenvalue weighted by atomic mass is 79.9. The van der Waals surface area contributed by atoms with Crippen molar-refractivity contribution < 1.29 is 5.11 Å². The van der Waals surface area contributed by atoms with Crippen molar-refractivity contribution in [2.45, 2.75) is 38.3 Å². The molecule has 0 unspecified atom stereocenters. The van der Waals surface area contributed by atoms with Crippen LogP contribution in [0.3, 0.4) is 0 Å². The first-order chi connectivity index (χ1) is 9.26. The van der Waals surface area contributed by atoms with Crippen molar-refractivity contribution in [1.82, 2.24) is 5.32 Å². The van der Waals surface area contributed by atoms with Gasteiger partial charge in [0.05, 0.1) is 5.69 Å². The molecule has 19 heavy (non-hydrogen) atoms. The fourth-order valence-electron chi connectivity index (χ4n) is 2.54. The maximum absolute atomic E-state index is 9.07. The molecule has 0 amide bonds. The molecule has 0 radical (unpaired) electrons. The largest absolute Gasteiger partial charge is 0.396 e. The molecule has 0 bridgehead atoms. The number of aliphatic hydroxyl groups is 1. The number of halogens is 1. The number of hydrogen-bond acceptors (Lipinski definition) is 3. The van der Waals surface area contributed by atoms with E-state index in [4.69, 9.17) is 5.11 Å². The zero-order chi connectivity index (χ0) is 13.7. The van der Waals surface area contributed by atoms with E-state index in [0.29, 0.717) is 6.04 Å². The number of rotatable bonds is 7. The summed E-state index contributed by atoms with van der Waals surface area (Å²) in [6.07, 6.45) is 4.71. The van der Waals surface area contributed by atoms with Crippen molar-refractivity contribution in [1.29, 1.82) is 0 Å². The lowest BCUT2D eigenvalue weighted by Gasteiger charge is -2.40. The summed E-state index contributed by atoms with van der Waals surface area (Å²) in [6, 6.07) is 7.22. The van der Waals surface area contributed by atoms with Gasteiger partial charge in [-0.15, -0.1) is 0 Å². The summed E-state index contributed by atoms with van der Waals surface area (Å²) in [5.41, 5.74) is 2.55. The summed E-state index contributed by atoms with van der Waals surface area (Å²) in [7, 11) is 1.96. The second-order valence-corrected chi connectivity index (χ2v) is 6.03. The van der Waals surface area contributed by atoms with Crippen LogP contribution < -0.4 is 10.2 Å². The Balaban J connectivity index is 2.15. The molecule has 106 valence electrons. The molecule has 0 saturated heterocycles. The van der Waals surface area contributed by atoms with Crippen molar-refractivity contribution in [2.24, 2.45) is 0 Å². The Kier molecular flexibility index (Phi) is 5.67. The van der Waals surface area contributed by atoms with Gasteiger partial charge in [0.15, 0.2) is 0 Å². The van der Waals surface area contributed by atoms with Crippen LogP contribution in [0.2, 0.25) is 0 Å². The van der Waals surface area contributed by atoms with E-state index in [9.17, 15) is 0 Å². The quantitative estimate of drug-likeness (QED) is 0.808. The summed E-state index contributed by atoms with van der Waals surface area (Å²) < 4.78 is 1.16. The zero-order valence-electron chi connectivity index (χ0n) is 11.5. The van der Waals surface area contributed by atoms with E-state index in [1.54, 1.807) is 0 Å². The van der Waals surface area contributed by atoms with E-state index in [2.05, 4.69) is 44.3 Å². The van der Waals surface area contributed by atoms with Crippen LogP contribution >= 0.6 is 15.9 Å². The number of aliphatic hydroxyl groups excluding tert-OH is 1. The Labute approximate surface area is 124 Å². The normalized spacial score (nSPS) is 15.3. The zero-order valence-corrected chi connectivity index (χ0v) is 13.1. The highest BCUT2D eigenvalue weighted by Gasteiger charge is 2.25. The topological polar surface area (TPSA) is 35.5 Å². The number of nitrogens with zero attached hydrogens (tertiary/aromatic N) is 1. The van der Waals surface area contributed by atoms with Gasteiger partial charge in [-0.05, 0) is 66.4 Å². The molecule has 3 nitrogen and oxygen atoms in total. The lowest BCUT2D eigenvalue weighted by Crippen LogP contribution is -2.41. The van der Waals surface area contributed by atoms with Crippen LogP contribution in [0.5, 0.6) is 0 Å². The molecule has 0 aromatic heterocycles. The molecule has 4 heteroatoms. The fraction of sp³-hybridized carbons (Fsp3) is 0.600. The first-order valence-electron chi connectivity index (χ1n) is 7.06. The van der Waals surface area contributed by atoms with E-state index in [1.807, 2.05) is 7.05 Å². The molecule has 2 N–H and O–H groups in total. The third-order valence-corrected chi connectivity index (χ3v) is 4.41. The summed E-state index contributed by atoms with van der Waals surface area (Å²) in [6.45, 7) is 2.09. The van der Waals surface area contributed by atoms with Crippen LogP contribution in [0.15, 0.2) is 22.7 Å².